The summed E-state index contributed by atoms with van der Waals surface area (Å²) in [6, 6.07) is 5.24. The first-order valence-corrected chi connectivity index (χ1v) is 7.28. The largest absolute Gasteiger partial charge is 0.398 e. The molecule has 1 aliphatic rings. The molecule has 6 nitrogen and oxygen atoms in total. The number of nitrogens with two attached hydrogens (primary N) is 1. The first-order valence-electron chi connectivity index (χ1n) is 6.90. The molecule has 7 heteroatoms. The summed E-state index contributed by atoms with van der Waals surface area (Å²) in [4.78, 5) is 6.71. The van der Waals surface area contributed by atoms with Gasteiger partial charge in [0.1, 0.15) is 6.10 Å². The van der Waals surface area contributed by atoms with Gasteiger partial charge in [-0.3, -0.25) is 4.90 Å². The molecule has 1 aromatic heterocycles. The Hall–Kier alpha value is -1.63. The van der Waals surface area contributed by atoms with Crippen molar-refractivity contribution >= 4 is 17.3 Å². The zero-order valence-electron chi connectivity index (χ0n) is 11.8. The molecule has 3 rings (SSSR count). The number of likely N-dealkylation sites (N-methyl/N-ethyl adjacent to an activating group) is 1. The Balaban J connectivity index is 1.81. The van der Waals surface area contributed by atoms with Gasteiger partial charge >= 0.3 is 0 Å². The zero-order valence-corrected chi connectivity index (χ0v) is 12.5. The van der Waals surface area contributed by atoms with E-state index >= 15 is 0 Å². The first-order chi connectivity index (χ1) is 10.2. The Labute approximate surface area is 127 Å². The monoisotopic (exact) mass is 308 g/mol. The van der Waals surface area contributed by atoms with Crippen LogP contribution in [0.3, 0.4) is 0 Å². The Kier molecular flexibility index (Phi) is 4.10. The second kappa shape index (κ2) is 6.01. The predicted molar refractivity (Wildman–Crippen MR) is 80.0 cm³/mol. The van der Waals surface area contributed by atoms with Crippen LogP contribution >= 0.6 is 11.6 Å². The molecule has 0 bridgehead atoms. The molecule has 2 aromatic rings. The molecule has 21 heavy (non-hydrogen) atoms. The Morgan fingerprint density at radius 2 is 2.33 bits per heavy atom. The van der Waals surface area contributed by atoms with Crippen molar-refractivity contribution in [3.63, 3.8) is 0 Å². The highest BCUT2D eigenvalue weighted by Crippen LogP contribution is 2.27. The molecule has 0 spiro atoms. The molecular weight excluding hydrogens is 292 g/mol. The second-order valence-corrected chi connectivity index (χ2v) is 5.35. The lowest BCUT2D eigenvalue weighted by Gasteiger charge is -2.30. The van der Waals surface area contributed by atoms with Crippen LogP contribution in [0.5, 0.6) is 0 Å². The van der Waals surface area contributed by atoms with Gasteiger partial charge in [-0.1, -0.05) is 23.7 Å². The molecule has 0 radical (unpaired) electrons. The predicted octanol–water partition coefficient (Wildman–Crippen LogP) is 2.37. The van der Waals surface area contributed by atoms with Crippen LogP contribution in [0.25, 0.3) is 11.5 Å². The number of nitrogens with zero attached hydrogens (tertiary/aromatic N) is 3. The van der Waals surface area contributed by atoms with E-state index in [1.807, 2.05) is 0 Å². The highest BCUT2D eigenvalue weighted by atomic mass is 35.5. The number of nitrogen functional groups attached to an aromatic ring is 1. The van der Waals surface area contributed by atoms with Gasteiger partial charge in [-0.05, 0) is 24.7 Å². The third-order valence-corrected chi connectivity index (χ3v) is 3.91. The average Bonchev–Trinajstić information content (AvgIpc) is 3.00. The van der Waals surface area contributed by atoms with Gasteiger partial charge in [0.05, 0.1) is 17.3 Å². The maximum atomic E-state index is 5.91. The van der Waals surface area contributed by atoms with Gasteiger partial charge in [0.15, 0.2) is 0 Å². The topological polar surface area (TPSA) is 77.4 Å². The van der Waals surface area contributed by atoms with Crippen molar-refractivity contribution in [2.75, 3.05) is 32.0 Å². The smallest absolute Gasteiger partial charge is 0.258 e. The van der Waals surface area contributed by atoms with E-state index in [4.69, 9.17) is 26.6 Å². The fourth-order valence-electron chi connectivity index (χ4n) is 2.31. The molecule has 2 heterocycles. The molecule has 1 unspecified atom stereocenters. The minimum absolute atomic E-state index is 0.152. The molecule has 112 valence electrons. The minimum atomic E-state index is -0.152. The third kappa shape index (κ3) is 3.02. The summed E-state index contributed by atoms with van der Waals surface area (Å²) >= 11 is 5.91. The SMILES string of the molecule is CCN1CCOC(c2noc(-c3ccc(Cl)c(N)c3)n2)C1. The van der Waals surface area contributed by atoms with Gasteiger partial charge < -0.3 is 15.0 Å². The van der Waals surface area contributed by atoms with Crippen LogP contribution in [0.15, 0.2) is 22.7 Å². The normalized spacial score (nSPS) is 19.8. The van der Waals surface area contributed by atoms with Crippen molar-refractivity contribution < 1.29 is 9.26 Å². The molecule has 0 saturated carbocycles. The van der Waals surface area contributed by atoms with E-state index < -0.39 is 0 Å². The van der Waals surface area contributed by atoms with Gasteiger partial charge in [0.2, 0.25) is 5.82 Å². The quantitative estimate of drug-likeness (QED) is 0.877. The van der Waals surface area contributed by atoms with Crippen molar-refractivity contribution in [3.05, 3.63) is 29.0 Å². The van der Waals surface area contributed by atoms with E-state index in [-0.39, 0.29) is 6.10 Å². The summed E-state index contributed by atoms with van der Waals surface area (Å²) in [5, 5.41) is 4.53. The van der Waals surface area contributed by atoms with Gasteiger partial charge in [0, 0.05) is 18.7 Å². The van der Waals surface area contributed by atoms with Crippen LogP contribution in [0, 0.1) is 0 Å². The Bertz CT molecular complexity index is 631. The molecule has 1 aliphatic heterocycles. The number of morpholine rings is 1. The lowest BCUT2D eigenvalue weighted by Crippen LogP contribution is -2.38. The summed E-state index contributed by atoms with van der Waals surface area (Å²) in [7, 11) is 0. The summed E-state index contributed by atoms with van der Waals surface area (Å²) in [6.45, 7) is 5.50. The number of hydrogen-bond acceptors (Lipinski definition) is 6. The van der Waals surface area contributed by atoms with Crippen LogP contribution in [0.1, 0.15) is 18.9 Å². The van der Waals surface area contributed by atoms with Crippen molar-refractivity contribution in [2.45, 2.75) is 13.0 Å². The van der Waals surface area contributed by atoms with Gasteiger partial charge in [-0.15, -0.1) is 0 Å². The van der Waals surface area contributed by atoms with Crippen LogP contribution in [-0.2, 0) is 4.74 Å². The zero-order chi connectivity index (χ0) is 14.8. The van der Waals surface area contributed by atoms with Crippen molar-refractivity contribution in [1.29, 1.82) is 0 Å². The van der Waals surface area contributed by atoms with Crippen LogP contribution in [-0.4, -0.2) is 41.3 Å². The van der Waals surface area contributed by atoms with E-state index in [0.717, 1.165) is 25.2 Å². The maximum Gasteiger partial charge on any atom is 0.258 e. The van der Waals surface area contributed by atoms with Crippen molar-refractivity contribution in [2.24, 2.45) is 0 Å². The summed E-state index contributed by atoms with van der Waals surface area (Å²) in [6.07, 6.45) is -0.152. The van der Waals surface area contributed by atoms with Crippen LogP contribution < -0.4 is 5.73 Å². The summed E-state index contributed by atoms with van der Waals surface area (Å²) in [5.74, 6) is 0.988. The van der Waals surface area contributed by atoms with E-state index in [1.54, 1.807) is 18.2 Å². The van der Waals surface area contributed by atoms with Gasteiger partial charge in [-0.2, -0.15) is 4.98 Å². The number of ether oxygens (including phenoxy) is 1. The number of anilines is 1. The van der Waals surface area contributed by atoms with E-state index in [9.17, 15) is 0 Å². The Morgan fingerprint density at radius 3 is 3.10 bits per heavy atom. The number of halogens is 1. The molecule has 2 N–H and O–H groups in total. The highest BCUT2D eigenvalue weighted by molar-refractivity contribution is 6.33. The molecule has 1 aromatic carbocycles. The average molecular weight is 309 g/mol. The summed E-state index contributed by atoms with van der Waals surface area (Å²) < 4.78 is 11.0. The molecule has 1 atom stereocenters. The molecule has 1 fully saturated rings. The standard InChI is InChI=1S/C14H17ClN4O2/c1-2-19-5-6-20-12(8-19)13-17-14(21-18-13)9-3-4-10(15)11(16)7-9/h3-4,7,12H,2,5-6,8,16H2,1H3. The van der Waals surface area contributed by atoms with Gasteiger partial charge in [-0.25, -0.2) is 0 Å². The van der Waals surface area contributed by atoms with E-state index in [1.165, 1.54) is 0 Å². The number of rotatable bonds is 3. The minimum Gasteiger partial charge on any atom is -0.398 e. The van der Waals surface area contributed by atoms with Crippen molar-refractivity contribution in [3.8, 4) is 11.5 Å². The Morgan fingerprint density at radius 1 is 1.48 bits per heavy atom. The van der Waals surface area contributed by atoms with Crippen LogP contribution in [0.4, 0.5) is 5.69 Å². The lowest BCUT2D eigenvalue weighted by atomic mass is 10.2. The molecular formula is C14H17ClN4O2. The van der Waals surface area contributed by atoms with E-state index in [2.05, 4.69) is 22.0 Å². The van der Waals surface area contributed by atoms with Crippen molar-refractivity contribution in [1.82, 2.24) is 15.0 Å². The molecule has 0 aliphatic carbocycles. The van der Waals surface area contributed by atoms with Crippen LogP contribution in [0.2, 0.25) is 5.02 Å². The maximum absolute atomic E-state index is 5.91. The highest BCUT2D eigenvalue weighted by Gasteiger charge is 2.25. The second-order valence-electron chi connectivity index (χ2n) is 4.95. The lowest BCUT2D eigenvalue weighted by molar-refractivity contribution is -0.0334. The van der Waals surface area contributed by atoms with E-state index in [0.29, 0.717) is 29.0 Å². The molecule has 1 saturated heterocycles. The fraction of sp³-hybridized carbons (Fsp3) is 0.429. The fourth-order valence-corrected chi connectivity index (χ4v) is 2.42. The summed E-state index contributed by atoms with van der Waals surface area (Å²) in [5.41, 5.74) is 7.03. The number of aromatic nitrogens is 2. The third-order valence-electron chi connectivity index (χ3n) is 3.57. The van der Waals surface area contributed by atoms with Gasteiger partial charge in [0.25, 0.3) is 5.89 Å². The number of hydrogen-bond donors (Lipinski definition) is 1. The first kappa shape index (κ1) is 14.3. The number of benzene rings is 1. The molecule has 0 amide bonds.